The van der Waals surface area contributed by atoms with Gasteiger partial charge in [0.2, 0.25) is 10.0 Å². The second kappa shape index (κ2) is 9.00. The molecule has 7 nitrogen and oxygen atoms in total. The predicted octanol–water partition coefficient (Wildman–Crippen LogP) is 4.90. The van der Waals surface area contributed by atoms with E-state index in [2.05, 4.69) is 4.98 Å². The van der Waals surface area contributed by atoms with Gasteiger partial charge in [-0.1, -0.05) is 18.5 Å². The van der Waals surface area contributed by atoms with Crippen molar-refractivity contribution < 1.29 is 35.5 Å². The number of pyridine rings is 1. The Morgan fingerprint density at radius 3 is 2.49 bits per heavy atom. The molecule has 0 spiro atoms. The van der Waals surface area contributed by atoms with E-state index in [4.69, 9.17) is 16.3 Å². The molecule has 0 atom stereocenters. The number of benzene rings is 1. The van der Waals surface area contributed by atoms with Crippen LogP contribution in [0.15, 0.2) is 24.5 Å². The summed E-state index contributed by atoms with van der Waals surface area (Å²) in [5, 5.41) is -1.03. The van der Waals surface area contributed by atoms with Gasteiger partial charge in [-0.2, -0.15) is 13.2 Å². The van der Waals surface area contributed by atoms with Gasteiger partial charge in [-0.05, 0) is 43.2 Å². The summed E-state index contributed by atoms with van der Waals surface area (Å²) in [6, 6.07) is 2.45. The normalized spacial score (nSPS) is 19.4. The van der Waals surface area contributed by atoms with Crippen LogP contribution in [0.25, 0.3) is 0 Å². The summed E-state index contributed by atoms with van der Waals surface area (Å²) in [4.78, 5) is 17.9. The summed E-state index contributed by atoms with van der Waals surface area (Å²) in [6.07, 6.45) is -0.0501. The number of amides is 1. The number of carbonyl (C=O) groups is 1. The van der Waals surface area contributed by atoms with Crippen molar-refractivity contribution in [2.75, 3.05) is 24.6 Å². The quantitative estimate of drug-likeness (QED) is 0.461. The van der Waals surface area contributed by atoms with Crippen molar-refractivity contribution in [1.82, 2.24) is 9.71 Å². The van der Waals surface area contributed by atoms with Crippen molar-refractivity contribution in [2.45, 2.75) is 50.0 Å². The van der Waals surface area contributed by atoms with E-state index in [1.54, 1.807) is 4.90 Å². The van der Waals surface area contributed by atoms with Gasteiger partial charge < -0.3 is 9.64 Å². The lowest BCUT2D eigenvalue weighted by atomic mass is 9.82. The van der Waals surface area contributed by atoms with Crippen LogP contribution in [0.2, 0.25) is 5.02 Å². The summed E-state index contributed by atoms with van der Waals surface area (Å²) < 4.78 is 86.5. The number of ether oxygens (including phenoxy) is 1. The molecular formula is C24H24ClF4N3O4S. The van der Waals surface area contributed by atoms with Gasteiger partial charge in [0.15, 0.2) is 0 Å². The topological polar surface area (TPSA) is 88.6 Å². The monoisotopic (exact) mass is 561 g/mol. The lowest BCUT2D eigenvalue weighted by Crippen LogP contribution is -2.57. The zero-order valence-electron chi connectivity index (χ0n) is 19.7. The highest BCUT2D eigenvalue weighted by molar-refractivity contribution is 7.91. The van der Waals surface area contributed by atoms with Crippen LogP contribution in [-0.2, 0) is 16.2 Å². The van der Waals surface area contributed by atoms with Crippen LogP contribution in [0.3, 0.4) is 0 Å². The fourth-order valence-corrected chi connectivity index (χ4v) is 6.09. The number of nitrogens with zero attached hydrogens (tertiary/aromatic N) is 2. The molecule has 1 N–H and O–H groups in total. The number of halogens is 5. The summed E-state index contributed by atoms with van der Waals surface area (Å²) in [6.45, 7) is 2.72. The molecule has 1 aromatic heterocycles. The Morgan fingerprint density at radius 1 is 1.22 bits per heavy atom. The maximum absolute atomic E-state index is 14.9. The molecule has 2 heterocycles. The molecule has 5 rings (SSSR count). The highest BCUT2D eigenvalue weighted by Gasteiger charge is 2.43. The zero-order valence-corrected chi connectivity index (χ0v) is 21.3. The number of sulfonamides is 1. The van der Waals surface area contributed by atoms with E-state index in [0.717, 1.165) is 18.9 Å². The maximum atomic E-state index is 14.9. The van der Waals surface area contributed by atoms with Crippen LogP contribution in [0.4, 0.5) is 23.2 Å². The Bertz CT molecular complexity index is 1350. The van der Waals surface area contributed by atoms with E-state index < -0.39 is 49.2 Å². The molecule has 1 aliphatic heterocycles. The molecule has 3 aliphatic rings. The van der Waals surface area contributed by atoms with Gasteiger partial charge in [0.1, 0.15) is 11.6 Å². The SMILES string of the molecule is CC1(COc2cc(F)c(C(=O)NS(=O)(=O)C3CC3)cc2C2CC2)CN(c2cncc(C(F)(F)F)c2Cl)C1. The zero-order chi connectivity index (χ0) is 26.8. The number of anilines is 1. The van der Waals surface area contributed by atoms with Gasteiger partial charge >= 0.3 is 6.18 Å². The molecule has 0 radical (unpaired) electrons. The molecule has 2 saturated carbocycles. The number of hydrogen-bond acceptors (Lipinski definition) is 6. The molecule has 1 amide bonds. The van der Waals surface area contributed by atoms with E-state index in [0.29, 0.717) is 37.7 Å². The number of rotatable bonds is 8. The number of hydrogen-bond donors (Lipinski definition) is 1. The Hall–Kier alpha value is -2.60. The van der Waals surface area contributed by atoms with Crippen molar-refractivity contribution >= 4 is 33.2 Å². The third kappa shape index (κ3) is 5.36. The highest BCUT2D eigenvalue weighted by Crippen LogP contribution is 2.47. The minimum Gasteiger partial charge on any atom is -0.492 e. The van der Waals surface area contributed by atoms with Crippen LogP contribution >= 0.6 is 11.6 Å². The van der Waals surface area contributed by atoms with E-state index in [1.807, 2.05) is 11.6 Å². The van der Waals surface area contributed by atoms with Gasteiger partial charge in [0.25, 0.3) is 5.91 Å². The summed E-state index contributed by atoms with van der Waals surface area (Å²) in [5.74, 6) is -1.57. The first-order valence-electron chi connectivity index (χ1n) is 11.8. The van der Waals surface area contributed by atoms with Crippen LogP contribution in [0.1, 0.15) is 60.0 Å². The molecular weight excluding hydrogens is 538 g/mol. The van der Waals surface area contributed by atoms with E-state index in [1.165, 1.54) is 12.3 Å². The maximum Gasteiger partial charge on any atom is 0.419 e. The third-order valence-electron chi connectivity index (χ3n) is 6.79. The molecule has 0 unspecified atom stereocenters. The standard InChI is InChI=1S/C24H24ClF4N3O4S/c1-23(10-32(11-23)19-9-30-8-17(21(19)25)24(27,28)29)12-36-20-7-18(26)16(6-15(20)13-2-3-13)22(33)31-37(34,35)14-4-5-14/h6-9,13-14H,2-5,10-12H2,1H3,(H,31,33). The Balaban J connectivity index is 1.28. The van der Waals surface area contributed by atoms with Crippen LogP contribution < -0.4 is 14.4 Å². The molecule has 37 heavy (non-hydrogen) atoms. The second-order valence-electron chi connectivity index (χ2n) is 10.3. The number of carbonyl (C=O) groups excluding carboxylic acids is 1. The molecule has 2 aromatic rings. The van der Waals surface area contributed by atoms with E-state index >= 15 is 0 Å². The highest BCUT2D eigenvalue weighted by atomic mass is 35.5. The van der Waals surface area contributed by atoms with Crippen molar-refractivity contribution in [3.63, 3.8) is 0 Å². The Labute approximate surface area is 216 Å². The fraction of sp³-hybridized carbons (Fsp3) is 0.500. The van der Waals surface area contributed by atoms with Gasteiger partial charge in [0.05, 0.1) is 39.9 Å². The molecule has 200 valence electrons. The lowest BCUT2D eigenvalue weighted by Gasteiger charge is -2.49. The van der Waals surface area contributed by atoms with Gasteiger partial charge in [-0.25, -0.2) is 17.5 Å². The van der Waals surface area contributed by atoms with Gasteiger partial charge in [-0.15, -0.1) is 0 Å². The first-order valence-corrected chi connectivity index (χ1v) is 13.7. The minimum atomic E-state index is -4.62. The largest absolute Gasteiger partial charge is 0.492 e. The summed E-state index contributed by atoms with van der Waals surface area (Å²) in [5.41, 5.74) is -1.01. The molecule has 1 aromatic carbocycles. The Morgan fingerprint density at radius 2 is 1.89 bits per heavy atom. The molecule has 3 fully saturated rings. The van der Waals surface area contributed by atoms with Crippen molar-refractivity contribution in [2.24, 2.45) is 5.41 Å². The van der Waals surface area contributed by atoms with Crippen molar-refractivity contribution in [3.05, 3.63) is 52.1 Å². The van der Waals surface area contributed by atoms with E-state index in [9.17, 15) is 30.8 Å². The van der Waals surface area contributed by atoms with Gasteiger partial charge in [0, 0.05) is 30.8 Å². The van der Waals surface area contributed by atoms with E-state index in [-0.39, 0.29) is 29.5 Å². The molecule has 2 aliphatic carbocycles. The second-order valence-corrected chi connectivity index (χ2v) is 12.6. The smallest absolute Gasteiger partial charge is 0.419 e. The van der Waals surface area contributed by atoms with Crippen molar-refractivity contribution in [1.29, 1.82) is 0 Å². The molecule has 13 heteroatoms. The number of nitrogens with one attached hydrogen (secondary N) is 1. The molecule has 1 saturated heterocycles. The Kier molecular flexibility index (Phi) is 6.33. The predicted molar refractivity (Wildman–Crippen MR) is 128 cm³/mol. The van der Waals surface area contributed by atoms with Gasteiger partial charge in [-0.3, -0.25) is 9.78 Å². The molecule has 0 bridgehead atoms. The first-order chi connectivity index (χ1) is 17.3. The van der Waals surface area contributed by atoms with Crippen LogP contribution in [-0.4, -0.2) is 44.3 Å². The van der Waals surface area contributed by atoms with Crippen LogP contribution in [0.5, 0.6) is 5.75 Å². The fourth-order valence-electron chi connectivity index (χ4n) is 4.47. The lowest BCUT2D eigenvalue weighted by molar-refractivity contribution is -0.137. The summed E-state index contributed by atoms with van der Waals surface area (Å²) in [7, 11) is -3.82. The number of alkyl halides is 3. The minimum absolute atomic E-state index is 0.0721. The first kappa shape index (κ1) is 26.0. The average molecular weight is 562 g/mol. The van der Waals surface area contributed by atoms with Crippen LogP contribution in [0, 0.1) is 11.2 Å². The average Bonchev–Trinajstić information content (AvgIpc) is 3.67. The number of aromatic nitrogens is 1. The van der Waals surface area contributed by atoms with Crippen molar-refractivity contribution in [3.8, 4) is 5.75 Å². The third-order valence-corrected chi connectivity index (χ3v) is 9.00. The summed E-state index contributed by atoms with van der Waals surface area (Å²) >= 11 is 6.00.